The first kappa shape index (κ1) is 41.4. The summed E-state index contributed by atoms with van der Waals surface area (Å²) < 4.78 is 17.7. The molecule has 1 aliphatic rings. The Balaban J connectivity index is 0.000000146. The molecule has 0 unspecified atom stereocenters. The van der Waals surface area contributed by atoms with Gasteiger partial charge in [-0.1, -0.05) is 80.5 Å². The van der Waals surface area contributed by atoms with Crippen molar-refractivity contribution in [3.05, 3.63) is 113 Å². The highest BCUT2D eigenvalue weighted by atomic mass is 16.5. The maximum absolute atomic E-state index is 11.2. The topological polar surface area (TPSA) is 113 Å². The van der Waals surface area contributed by atoms with Crippen LogP contribution in [0.3, 0.4) is 0 Å². The number of carbonyl (C=O) groups is 1. The van der Waals surface area contributed by atoms with Crippen LogP contribution in [0, 0.1) is 13.8 Å². The average molecular weight is 773 g/mol. The van der Waals surface area contributed by atoms with Gasteiger partial charge in [0.2, 0.25) is 5.89 Å². The van der Waals surface area contributed by atoms with E-state index < -0.39 is 5.97 Å². The van der Waals surface area contributed by atoms with Gasteiger partial charge in [0, 0.05) is 40.6 Å². The molecule has 10 nitrogen and oxygen atoms in total. The Morgan fingerprint density at radius 1 is 0.754 bits per heavy atom. The second-order valence-electron chi connectivity index (χ2n) is 18.4. The summed E-state index contributed by atoms with van der Waals surface area (Å²) in [5, 5.41) is 10.6. The fraction of sp³-hybridized carbons (Fsp3) is 0.447. The zero-order valence-corrected chi connectivity index (χ0v) is 35.9. The molecule has 1 N–H and O–H groups in total. The SMILES string of the molecule is CC(C)(C)c1nc2ccc(C(=O)O)cc2n1Cc1ncco1.CCn1c(C(C)(C)C)cc2ccc(C)cc21.Cc1ccc2nc(C(C)(C)C)n(C[C@@H]3CCO3)c2c1. The summed E-state index contributed by atoms with van der Waals surface area (Å²) in [5.74, 6) is 1.63. The highest BCUT2D eigenvalue weighted by Gasteiger charge is 2.27. The van der Waals surface area contributed by atoms with E-state index in [2.05, 4.69) is 145 Å². The van der Waals surface area contributed by atoms with Crippen molar-refractivity contribution in [3.8, 4) is 0 Å². The van der Waals surface area contributed by atoms with Gasteiger partial charge in [0.1, 0.15) is 24.5 Å². The molecule has 4 aromatic heterocycles. The molecule has 0 amide bonds. The van der Waals surface area contributed by atoms with Gasteiger partial charge in [0.05, 0.1) is 46.5 Å². The van der Waals surface area contributed by atoms with E-state index in [4.69, 9.17) is 14.1 Å². The average Bonchev–Trinajstić information content (AvgIpc) is 3.90. The van der Waals surface area contributed by atoms with Gasteiger partial charge in [0.25, 0.3) is 0 Å². The molecule has 302 valence electrons. The summed E-state index contributed by atoms with van der Waals surface area (Å²) in [6.07, 6.45) is 4.63. The number of imidazole rings is 2. The normalized spacial score (nSPS) is 14.6. The van der Waals surface area contributed by atoms with Gasteiger partial charge in [-0.15, -0.1) is 0 Å². The predicted molar refractivity (Wildman–Crippen MR) is 230 cm³/mol. The van der Waals surface area contributed by atoms with Crippen LogP contribution >= 0.6 is 0 Å². The van der Waals surface area contributed by atoms with Gasteiger partial charge in [-0.25, -0.2) is 19.7 Å². The van der Waals surface area contributed by atoms with Crippen molar-refractivity contribution in [2.45, 2.75) is 131 Å². The van der Waals surface area contributed by atoms with Crippen molar-refractivity contribution in [1.82, 2.24) is 28.7 Å². The number of rotatable bonds is 6. The molecular weight excluding hydrogens is 713 g/mol. The van der Waals surface area contributed by atoms with Crippen molar-refractivity contribution in [3.63, 3.8) is 0 Å². The molecule has 7 aromatic rings. The van der Waals surface area contributed by atoms with Crippen LogP contribution in [0.2, 0.25) is 0 Å². The lowest BCUT2D eigenvalue weighted by atomic mass is 9.92. The molecule has 57 heavy (non-hydrogen) atoms. The van der Waals surface area contributed by atoms with Gasteiger partial charge in [0.15, 0.2) is 0 Å². The van der Waals surface area contributed by atoms with Gasteiger partial charge in [-0.2, -0.15) is 0 Å². The van der Waals surface area contributed by atoms with Crippen LogP contribution in [0.1, 0.15) is 120 Å². The molecule has 8 rings (SSSR count). The van der Waals surface area contributed by atoms with Crippen molar-refractivity contribution < 1.29 is 19.1 Å². The monoisotopic (exact) mass is 772 g/mol. The molecule has 1 aliphatic heterocycles. The summed E-state index contributed by atoms with van der Waals surface area (Å²) in [5.41, 5.74) is 9.59. The number of hydrogen-bond donors (Lipinski definition) is 1. The summed E-state index contributed by atoms with van der Waals surface area (Å²) in [6.45, 7) is 29.5. The van der Waals surface area contributed by atoms with Crippen LogP contribution in [0.25, 0.3) is 33.0 Å². The van der Waals surface area contributed by atoms with E-state index >= 15 is 0 Å². The molecular formula is C47H60N6O4. The lowest BCUT2D eigenvalue weighted by Crippen LogP contribution is -2.33. The number of benzene rings is 3. The quantitative estimate of drug-likeness (QED) is 0.179. The second kappa shape index (κ2) is 16.0. The third-order valence-electron chi connectivity index (χ3n) is 10.3. The Morgan fingerprint density at radius 3 is 1.86 bits per heavy atom. The molecule has 0 bridgehead atoms. The molecule has 0 radical (unpaired) electrons. The van der Waals surface area contributed by atoms with E-state index in [0.29, 0.717) is 18.5 Å². The predicted octanol–water partition coefficient (Wildman–Crippen LogP) is 10.8. The van der Waals surface area contributed by atoms with E-state index in [1.54, 1.807) is 24.4 Å². The van der Waals surface area contributed by atoms with Gasteiger partial charge >= 0.3 is 5.97 Å². The van der Waals surface area contributed by atoms with Crippen molar-refractivity contribution >= 4 is 38.9 Å². The lowest BCUT2D eigenvalue weighted by Gasteiger charge is -2.29. The zero-order valence-electron chi connectivity index (χ0n) is 35.9. The van der Waals surface area contributed by atoms with E-state index in [0.717, 1.165) is 54.3 Å². The highest BCUT2D eigenvalue weighted by molar-refractivity contribution is 5.92. The van der Waals surface area contributed by atoms with Crippen LogP contribution in [-0.4, -0.2) is 52.4 Å². The van der Waals surface area contributed by atoms with Gasteiger partial charge in [-0.05, 0) is 86.2 Å². The Labute approximate surface area is 336 Å². The van der Waals surface area contributed by atoms with Crippen LogP contribution < -0.4 is 0 Å². The first-order valence-electron chi connectivity index (χ1n) is 20.1. The molecule has 0 saturated carbocycles. The van der Waals surface area contributed by atoms with Crippen LogP contribution in [0.15, 0.2) is 77.5 Å². The summed E-state index contributed by atoms with van der Waals surface area (Å²) in [4.78, 5) is 24.9. The number of carboxylic acid groups (broad SMARTS) is 1. The molecule has 1 atom stereocenters. The Hall–Kier alpha value is -5.22. The lowest BCUT2D eigenvalue weighted by molar-refractivity contribution is -0.0592. The highest BCUT2D eigenvalue weighted by Crippen LogP contribution is 2.32. The van der Waals surface area contributed by atoms with Crippen molar-refractivity contribution in [2.24, 2.45) is 0 Å². The fourth-order valence-corrected chi connectivity index (χ4v) is 7.40. The number of aromatic nitrogens is 6. The Kier molecular flexibility index (Phi) is 11.6. The van der Waals surface area contributed by atoms with Gasteiger partial charge in [-0.3, -0.25) is 0 Å². The molecule has 1 fully saturated rings. The number of aromatic carboxylic acids is 1. The van der Waals surface area contributed by atoms with E-state index in [-0.39, 0.29) is 21.8 Å². The summed E-state index contributed by atoms with van der Waals surface area (Å²) >= 11 is 0. The molecule has 1 saturated heterocycles. The summed E-state index contributed by atoms with van der Waals surface area (Å²) in [7, 11) is 0. The minimum absolute atomic E-state index is 0.0523. The number of fused-ring (bicyclic) bond motifs is 3. The van der Waals surface area contributed by atoms with E-state index in [1.807, 2.05) is 4.57 Å². The molecule has 3 aromatic carbocycles. The maximum Gasteiger partial charge on any atom is 0.335 e. The smallest absolute Gasteiger partial charge is 0.335 e. The third kappa shape index (κ3) is 9.17. The van der Waals surface area contributed by atoms with Gasteiger partial charge < -0.3 is 28.0 Å². The molecule has 0 aliphatic carbocycles. The second-order valence-corrected chi connectivity index (χ2v) is 18.4. The standard InChI is InChI=1S/C16H17N3O3.C16H22N2O.C15H21N/c1-16(2,3)15-18-11-5-4-10(14(20)21)8-12(11)19(15)9-13-17-6-7-22-13;1-11-5-6-13-14(9-11)18(10-12-7-8-19-12)15(17-13)16(2,3)4;1-6-16-13-9-11(2)7-8-12(13)10-14(16)15(3,4)5/h4-8H,9H2,1-3H3,(H,20,21);5-6,9,12H,7-8,10H2,1-4H3;7-10H,6H2,1-5H3/t;12-;/m.0./s1. The number of nitrogens with zero attached hydrogens (tertiary/aromatic N) is 6. The minimum atomic E-state index is -0.955. The van der Waals surface area contributed by atoms with Crippen molar-refractivity contribution in [2.75, 3.05) is 6.61 Å². The number of aryl methyl sites for hydroxylation is 3. The molecule has 0 spiro atoms. The Bertz CT molecular complexity index is 2490. The van der Waals surface area contributed by atoms with E-state index in [9.17, 15) is 9.90 Å². The van der Waals surface area contributed by atoms with Crippen LogP contribution in [0.4, 0.5) is 0 Å². The number of oxazole rings is 1. The first-order chi connectivity index (χ1) is 26.7. The number of ether oxygens (including phenoxy) is 1. The number of hydrogen-bond acceptors (Lipinski definition) is 6. The molecule has 10 heteroatoms. The maximum atomic E-state index is 11.2. The fourth-order valence-electron chi connectivity index (χ4n) is 7.40. The van der Waals surface area contributed by atoms with Crippen LogP contribution in [-0.2, 0) is 40.6 Å². The third-order valence-corrected chi connectivity index (χ3v) is 10.3. The zero-order chi connectivity index (χ0) is 41.4. The Morgan fingerprint density at radius 2 is 1.33 bits per heavy atom. The summed E-state index contributed by atoms with van der Waals surface area (Å²) in [6, 6.07) is 20.5. The first-order valence-corrected chi connectivity index (χ1v) is 20.1. The van der Waals surface area contributed by atoms with Crippen LogP contribution in [0.5, 0.6) is 0 Å². The van der Waals surface area contributed by atoms with E-state index in [1.165, 1.54) is 39.5 Å². The number of carboxylic acids is 1. The van der Waals surface area contributed by atoms with Crippen molar-refractivity contribution in [1.29, 1.82) is 0 Å². The minimum Gasteiger partial charge on any atom is -0.478 e. The molecule has 5 heterocycles. The largest absolute Gasteiger partial charge is 0.478 e.